The van der Waals surface area contributed by atoms with E-state index in [0.717, 1.165) is 311 Å². The first-order valence-corrected chi connectivity index (χ1v) is 50.1. The second kappa shape index (κ2) is 53.9. The molecule has 0 spiro atoms. The van der Waals surface area contributed by atoms with Gasteiger partial charge < -0.3 is 0 Å². The van der Waals surface area contributed by atoms with Gasteiger partial charge in [0.2, 0.25) is 0 Å². The second-order valence-corrected chi connectivity index (χ2v) is 44.2. The van der Waals surface area contributed by atoms with Crippen molar-refractivity contribution >= 4 is 47.8 Å². The molecule has 94 heavy (non-hydrogen) atoms. The van der Waals surface area contributed by atoms with Gasteiger partial charge in [0.15, 0.2) is 0 Å². The fourth-order valence-corrected chi connectivity index (χ4v) is 48.1. The number of halogens is 1. The Morgan fingerprint density at radius 2 is 0.223 bits per heavy atom. The molecule has 0 radical (unpaired) electrons. The van der Waals surface area contributed by atoms with Gasteiger partial charge in [-0.05, 0) is 0 Å². The molecule has 0 atom stereocenters. The Bertz CT molecular complexity index is 1550. The molecule has 0 unspecified atom stereocenters. The number of rotatable bonds is 64. The third-order valence-corrected chi connectivity index (χ3v) is 42.3. The van der Waals surface area contributed by atoms with E-state index in [0.29, 0.717) is 0 Å². The van der Waals surface area contributed by atoms with Crippen molar-refractivity contribution in [3.8, 4) is 0 Å². The fraction of sp³-hybridized carbons (Fsp3) is 1.00. The van der Waals surface area contributed by atoms with Crippen molar-refractivity contribution in [2.24, 2.45) is 18.1 Å². The summed E-state index contributed by atoms with van der Waals surface area (Å²) in [6, 6.07) is 0. The van der Waals surface area contributed by atoms with Gasteiger partial charge in [-0.3, -0.25) is 0 Å². The van der Waals surface area contributed by atoms with E-state index in [1.54, 1.807) is 0 Å². The van der Waals surface area contributed by atoms with Crippen LogP contribution in [0.4, 0.5) is 0 Å². The zero-order chi connectivity index (χ0) is 71.1. The summed E-state index contributed by atoms with van der Waals surface area (Å²) < 4.78 is 67.0. The van der Waals surface area contributed by atoms with Crippen molar-refractivity contribution in [3.63, 3.8) is 0 Å². The average Bonchev–Trinajstić information content (AvgIpc) is 0.686. The van der Waals surface area contributed by atoms with Crippen LogP contribution in [0.3, 0.4) is 0 Å². The van der Waals surface area contributed by atoms with Crippen molar-refractivity contribution in [1.82, 2.24) is 56.0 Å². The van der Waals surface area contributed by atoms with Crippen LogP contribution in [0.5, 0.6) is 0 Å². The molecule has 0 aromatic carbocycles. The van der Waals surface area contributed by atoms with Crippen LogP contribution in [0.2, 0.25) is 0 Å². The maximum atomic E-state index is 11.1. The van der Waals surface area contributed by atoms with Crippen LogP contribution in [-0.2, 0) is 0 Å². The van der Waals surface area contributed by atoms with Crippen molar-refractivity contribution in [1.29, 1.82) is 0 Å². The van der Waals surface area contributed by atoms with Crippen molar-refractivity contribution in [2.75, 3.05) is 157 Å². The van der Waals surface area contributed by atoms with E-state index < -0.39 is 36.6 Å². The van der Waals surface area contributed by atoms with Crippen molar-refractivity contribution in [2.45, 2.75) is 320 Å². The van der Waals surface area contributed by atoms with Gasteiger partial charge in [0.25, 0.3) is 0 Å². The molecule has 0 fully saturated rings. The third-order valence-electron chi connectivity index (χ3n) is 17.2. The summed E-state index contributed by atoms with van der Waals surface area (Å²) in [5.41, 5.74) is 0. The molecular formula is C72H168ClN16P5. The first-order valence-electron chi connectivity index (χ1n) is 40.7. The summed E-state index contributed by atoms with van der Waals surface area (Å²) in [6.07, 6.45) is 24.3. The summed E-state index contributed by atoms with van der Waals surface area (Å²) in [5, 5.41) is 0. The molecule has 0 aliphatic rings. The monoisotopic (exact) mass is 1450 g/mol. The van der Waals surface area contributed by atoms with Crippen LogP contribution in [0.25, 0.3) is 0 Å². The molecule has 16 nitrogen and oxygen atoms in total. The normalized spacial score (nSPS) is 13.8. The Balaban J connectivity index is 14.8. The molecule has 0 saturated carbocycles. The van der Waals surface area contributed by atoms with E-state index in [2.05, 4.69) is 222 Å². The van der Waals surface area contributed by atoms with Gasteiger partial charge in [-0.1, -0.05) is 0 Å². The van der Waals surface area contributed by atoms with Gasteiger partial charge in [0.05, 0.1) is 0 Å². The fourth-order valence-electron chi connectivity index (χ4n) is 14.5. The molecule has 0 aliphatic heterocycles. The molecular weight excluding hydrogens is 1280 g/mol. The van der Waals surface area contributed by atoms with Gasteiger partial charge >= 0.3 is 599 Å². The van der Waals surface area contributed by atoms with Gasteiger partial charge in [0.1, 0.15) is 0 Å². The molecule has 0 bridgehead atoms. The van der Waals surface area contributed by atoms with E-state index in [9.17, 15) is 11.2 Å². The summed E-state index contributed by atoms with van der Waals surface area (Å²) in [7, 11) is -13.1. The Labute approximate surface area is 595 Å². The molecule has 0 heterocycles. The van der Waals surface area contributed by atoms with E-state index in [4.69, 9.17) is 18.1 Å². The van der Waals surface area contributed by atoms with Gasteiger partial charge in [0, 0.05) is 0 Å². The first-order chi connectivity index (χ1) is 45.4. The topological polar surface area (TPSA) is 88.3 Å². The minimum atomic E-state index is -5.72. The van der Waals surface area contributed by atoms with Crippen LogP contribution < -0.4 is 0 Å². The zero-order valence-corrected chi connectivity index (χ0v) is 72.9. The Morgan fingerprint density at radius 1 is 0.160 bits per heavy atom. The predicted octanol–water partition coefficient (Wildman–Crippen LogP) is 24.6. The van der Waals surface area contributed by atoms with E-state index in [1.807, 2.05) is 0 Å². The molecule has 0 aromatic heterocycles. The summed E-state index contributed by atoms with van der Waals surface area (Å²) in [5.74, 6) is 0. The molecule has 568 valence electrons. The number of hydrogen-bond acceptors (Lipinski definition) is 4. The molecule has 0 saturated heterocycles. The summed E-state index contributed by atoms with van der Waals surface area (Å²) >= 11 is 11.1. The molecule has 0 amide bonds. The van der Waals surface area contributed by atoms with Gasteiger partial charge in [-0.2, -0.15) is 0 Å². The maximum absolute atomic E-state index is 11.1. The van der Waals surface area contributed by atoms with Crippen molar-refractivity contribution < 1.29 is 0 Å². The summed E-state index contributed by atoms with van der Waals surface area (Å²) in [4.78, 5) is 0. The molecule has 0 N–H and O–H groups in total. The Hall–Kier alpha value is 1.16. The Kier molecular flexibility index (Phi) is 54.5. The molecule has 0 aliphatic carbocycles. The second-order valence-electron chi connectivity index (χ2n) is 26.8. The van der Waals surface area contributed by atoms with Crippen LogP contribution in [0.15, 0.2) is 18.1 Å². The molecule has 0 rings (SSSR count). The van der Waals surface area contributed by atoms with Crippen molar-refractivity contribution in [3.05, 3.63) is 0 Å². The third kappa shape index (κ3) is 26.4. The van der Waals surface area contributed by atoms with Crippen LogP contribution in [0, 0.1) is 0 Å². The van der Waals surface area contributed by atoms with Gasteiger partial charge in [-0.25, -0.2) is 0 Å². The zero-order valence-electron chi connectivity index (χ0n) is 67.7. The predicted molar refractivity (Wildman–Crippen MR) is 436 cm³/mol. The van der Waals surface area contributed by atoms with E-state index >= 15 is 0 Å². The number of hydrogen-bond donors (Lipinski definition) is 0. The first kappa shape index (κ1) is 95.2. The standard InChI is InChI=1S/C72H168ClN16P5/c1-25-49-78(50-26-2)90(79(51-27-3)52-28-4,80(53-29-5)54-30-6)74-94(73,75-91(81(55-31-7)56-32-8,82(57-33-9)58-34-10)83(59-35-11)60-36-12,76-92(84(61-37-13)62-38-14,85(63-39-15)64-40-16)86(65-41-17)66-42-18)77-93(87(67-43-19)68-44-20,88(69-45-21)70-46-22)89(71-47-23)72-48-24/h25-72H2,1-24H3. The van der Waals surface area contributed by atoms with Gasteiger partial charge in [-0.15, -0.1) is 0 Å². The average molecular weight is 1450 g/mol. The van der Waals surface area contributed by atoms with E-state index in [-0.39, 0.29) is 0 Å². The quantitative estimate of drug-likeness (QED) is 0.0544. The molecule has 0 aromatic rings. The van der Waals surface area contributed by atoms with Crippen LogP contribution in [-0.4, -0.2) is 213 Å². The van der Waals surface area contributed by atoms with E-state index in [1.165, 1.54) is 0 Å². The van der Waals surface area contributed by atoms with Crippen LogP contribution in [0.1, 0.15) is 320 Å². The summed E-state index contributed by atoms with van der Waals surface area (Å²) in [6.45, 7) is 74.7. The van der Waals surface area contributed by atoms with Crippen LogP contribution >= 0.6 is 47.8 Å². The minimum absolute atomic E-state index is 0.914. The number of nitrogens with zero attached hydrogens (tertiary/aromatic N) is 16. The Morgan fingerprint density at radius 3 is 0.277 bits per heavy atom. The SMILES string of the molecule is CCCN(CCC)P(=NP(Cl)(N=P(N(CCC)CCC)(N(CCC)CCC)N(CCC)CCC)(N=P(N(CCC)CCC)(N(CCC)CCC)N(CCC)CCC)N=P(N(CCC)CCC)(N(CCC)CCC)N(CCC)CCC)(N(CCC)CCC)N(CCC)CCC. The molecule has 22 heteroatoms.